The lowest BCUT2D eigenvalue weighted by Gasteiger charge is -2.04. The summed E-state index contributed by atoms with van der Waals surface area (Å²) >= 11 is 0. The zero-order chi connectivity index (χ0) is 15.1. The summed E-state index contributed by atoms with van der Waals surface area (Å²) in [5.74, 6) is -1.03. The van der Waals surface area contributed by atoms with Crippen molar-refractivity contribution in [2.75, 3.05) is 0 Å². The second kappa shape index (κ2) is 6.96. The van der Waals surface area contributed by atoms with Crippen LogP contribution in [0.1, 0.15) is 11.1 Å². The summed E-state index contributed by atoms with van der Waals surface area (Å²) in [5, 5.41) is 11.6. The fraction of sp³-hybridized carbons (Fsp3) is 0.0625. The predicted molar refractivity (Wildman–Crippen MR) is 76.1 cm³/mol. The van der Waals surface area contributed by atoms with Gasteiger partial charge in [0.1, 0.15) is 17.5 Å². The Morgan fingerprint density at radius 3 is 2.81 bits per heavy atom. The van der Waals surface area contributed by atoms with E-state index in [1.54, 1.807) is 42.7 Å². The smallest absolute Gasteiger partial charge is 0.262 e. The maximum Gasteiger partial charge on any atom is 0.262 e. The Labute approximate surface area is 121 Å². The molecule has 5 heteroatoms. The number of hydrogen-bond donors (Lipinski definition) is 1. The van der Waals surface area contributed by atoms with Crippen molar-refractivity contribution in [3.05, 3.63) is 71.3 Å². The number of aromatic nitrogens is 1. The van der Waals surface area contributed by atoms with Crippen LogP contribution in [0.15, 0.2) is 54.4 Å². The topological polar surface area (TPSA) is 65.8 Å². The van der Waals surface area contributed by atoms with E-state index in [1.807, 2.05) is 0 Å². The molecule has 1 aromatic carbocycles. The van der Waals surface area contributed by atoms with E-state index in [0.29, 0.717) is 0 Å². The molecule has 1 heterocycles. The van der Waals surface area contributed by atoms with E-state index < -0.39 is 11.7 Å². The van der Waals surface area contributed by atoms with Crippen molar-refractivity contribution in [3.63, 3.8) is 0 Å². The molecular formula is C16H12FN3O. The lowest BCUT2D eigenvalue weighted by atomic mass is 10.1. The van der Waals surface area contributed by atoms with Gasteiger partial charge in [-0.25, -0.2) is 4.39 Å². The quantitative estimate of drug-likeness (QED) is 0.691. The predicted octanol–water partition coefficient (Wildman–Crippen LogP) is 2.44. The molecule has 0 fully saturated rings. The van der Waals surface area contributed by atoms with Gasteiger partial charge in [-0.05, 0) is 23.8 Å². The highest BCUT2D eigenvalue weighted by atomic mass is 19.1. The van der Waals surface area contributed by atoms with Crippen LogP contribution in [0.3, 0.4) is 0 Å². The van der Waals surface area contributed by atoms with E-state index in [-0.39, 0.29) is 17.7 Å². The van der Waals surface area contributed by atoms with Gasteiger partial charge in [0.25, 0.3) is 5.91 Å². The number of halogens is 1. The molecule has 0 aliphatic rings. The van der Waals surface area contributed by atoms with Gasteiger partial charge in [0.15, 0.2) is 0 Å². The van der Waals surface area contributed by atoms with Gasteiger partial charge in [-0.1, -0.05) is 24.3 Å². The molecule has 104 valence electrons. The summed E-state index contributed by atoms with van der Waals surface area (Å²) in [7, 11) is 0. The molecule has 0 aliphatic heterocycles. The first-order valence-electron chi connectivity index (χ1n) is 6.24. The molecule has 0 bridgehead atoms. The summed E-state index contributed by atoms with van der Waals surface area (Å²) in [4.78, 5) is 15.8. The molecule has 4 nitrogen and oxygen atoms in total. The Hall–Kier alpha value is -3.00. The third kappa shape index (κ3) is 3.98. The second-order valence-corrected chi connectivity index (χ2v) is 4.24. The number of carbonyl (C=O) groups excluding carboxylic acids is 1. The average Bonchev–Trinajstić information content (AvgIpc) is 2.53. The molecule has 21 heavy (non-hydrogen) atoms. The van der Waals surface area contributed by atoms with E-state index in [1.165, 1.54) is 18.2 Å². The zero-order valence-electron chi connectivity index (χ0n) is 11.1. The number of hydrogen-bond acceptors (Lipinski definition) is 3. The van der Waals surface area contributed by atoms with Crippen LogP contribution in [0, 0.1) is 17.1 Å². The van der Waals surface area contributed by atoms with Crippen LogP contribution in [0.2, 0.25) is 0 Å². The van der Waals surface area contributed by atoms with Gasteiger partial charge in [0.2, 0.25) is 0 Å². The van der Waals surface area contributed by atoms with Crippen LogP contribution < -0.4 is 5.32 Å². The van der Waals surface area contributed by atoms with Gasteiger partial charge < -0.3 is 5.32 Å². The molecule has 0 saturated heterocycles. The number of nitrogens with zero attached hydrogens (tertiary/aromatic N) is 2. The molecule has 0 spiro atoms. The summed E-state index contributed by atoms with van der Waals surface area (Å²) in [5.41, 5.74) is 0.864. The third-order valence-corrected chi connectivity index (χ3v) is 2.75. The van der Waals surface area contributed by atoms with Gasteiger partial charge in [0, 0.05) is 24.5 Å². The monoisotopic (exact) mass is 281 g/mol. The zero-order valence-corrected chi connectivity index (χ0v) is 11.1. The Bertz CT molecular complexity index is 705. The van der Waals surface area contributed by atoms with E-state index in [9.17, 15) is 9.18 Å². The van der Waals surface area contributed by atoms with E-state index >= 15 is 0 Å². The number of rotatable bonds is 4. The highest BCUT2D eigenvalue weighted by molar-refractivity contribution is 6.01. The maximum absolute atomic E-state index is 13.5. The van der Waals surface area contributed by atoms with Crippen molar-refractivity contribution >= 4 is 12.0 Å². The van der Waals surface area contributed by atoms with Gasteiger partial charge >= 0.3 is 0 Å². The molecule has 0 unspecified atom stereocenters. The van der Waals surface area contributed by atoms with Gasteiger partial charge in [0.05, 0.1) is 0 Å². The van der Waals surface area contributed by atoms with Gasteiger partial charge in [-0.15, -0.1) is 0 Å². The van der Waals surface area contributed by atoms with Crippen molar-refractivity contribution in [1.82, 2.24) is 10.3 Å². The van der Waals surface area contributed by atoms with E-state index in [4.69, 9.17) is 5.26 Å². The van der Waals surface area contributed by atoms with Crippen LogP contribution in [-0.2, 0) is 11.3 Å². The molecule has 1 N–H and O–H groups in total. The molecule has 0 atom stereocenters. The first-order valence-corrected chi connectivity index (χ1v) is 6.24. The Kier molecular flexibility index (Phi) is 4.78. The first kappa shape index (κ1) is 14.4. The molecule has 1 amide bonds. The number of nitrogens with one attached hydrogen (secondary N) is 1. The molecular weight excluding hydrogens is 269 g/mol. The molecule has 1 aromatic heterocycles. The van der Waals surface area contributed by atoms with Crippen LogP contribution >= 0.6 is 0 Å². The maximum atomic E-state index is 13.5. The standard InChI is InChI=1S/C16H12FN3O/c17-15-6-2-1-5-13(15)8-14(9-18)16(21)20-11-12-4-3-7-19-10-12/h1-8,10H,11H2,(H,20,21)/b14-8+. The number of amides is 1. The van der Waals surface area contributed by atoms with Crippen molar-refractivity contribution in [1.29, 1.82) is 5.26 Å². The highest BCUT2D eigenvalue weighted by Crippen LogP contribution is 2.11. The fourth-order valence-electron chi connectivity index (χ4n) is 1.68. The number of pyridine rings is 1. The van der Waals surface area contributed by atoms with Crippen molar-refractivity contribution in [3.8, 4) is 6.07 Å². The lowest BCUT2D eigenvalue weighted by molar-refractivity contribution is -0.117. The molecule has 0 saturated carbocycles. The minimum Gasteiger partial charge on any atom is -0.347 e. The molecule has 2 aromatic rings. The number of carbonyl (C=O) groups is 1. The SMILES string of the molecule is N#C/C(=C\c1ccccc1F)C(=O)NCc1cccnc1. The minimum atomic E-state index is -0.551. The van der Waals surface area contributed by atoms with Crippen LogP contribution in [0.5, 0.6) is 0 Å². The number of benzene rings is 1. The number of nitriles is 1. The van der Waals surface area contributed by atoms with Gasteiger partial charge in [-0.3, -0.25) is 9.78 Å². The van der Waals surface area contributed by atoms with Gasteiger partial charge in [-0.2, -0.15) is 5.26 Å². The largest absolute Gasteiger partial charge is 0.347 e. The van der Waals surface area contributed by atoms with E-state index in [0.717, 1.165) is 5.56 Å². The Morgan fingerprint density at radius 2 is 2.14 bits per heavy atom. The van der Waals surface area contributed by atoms with Crippen molar-refractivity contribution in [2.45, 2.75) is 6.54 Å². The van der Waals surface area contributed by atoms with Crippen molar-refractivity contribution in [2.24, 2.45) is 0 Å². The Morgan fingerprint density at radius 1 is 1.33 bits per heavy atom. The second-order valence-electron chi connectivity index (χ2n) is 4.24. The third-order valence-electron chi connectivity index (χ3n) is 2.75. The Balaban J connectivity index is 2.09. The van der Waals surface area contributed by atoms with Crippen molar-refractivity contribution < 1.29 is 9.18 Å². The normalized spacial score (nSPS) is 10.8. The highest BCUT2D eigenvalue weighted by Gasteiger charge is 2.10. The van der Waals surface area contributed by atoms with Crippen LogP contribution in [0.4, 0.5) is 4.39 Å². The lowest BCUT2D eigenvalue weighted by Crippen LogP contribution is -2.24. The van der Waals surface area contributed by atoms with Crippen LogP contribution in [-0.4, -0.2) is 10.9 Å². The molecule has 2 rings (SSSR count). The summed E-state index contributed by atoms with van der Waals surface area (Å²) in [6.45, 7) is 0.253. The average molecular weight is 281 g/mol. The summed E-state index contributed by atoms with van der Waals surface area (Å²) in [6, 6.07) is 11.3. The summed E-state index contributed by atoms with van der Waals surface area (Å²) in [6.07, 6.45) is 4.48. The molecule has 0 aliphatic carbocycles. The van der Waals surface area contributed by atoms with E-state index in [2.05, 4.69) is 10.3 Å². The summed E-state index contributed by atoms with van der Waals surface area (Å²) < 4.78 is 13.5. The molecule has 0 radical (unpaired) electrons. The minimum absolute atomic E-state index is 0.149. The first-order chi connectivity index (χ1) is 10.2. The fourth-order valence-corrected chi connectivity index (χ4v) is 1.68. The van der Waals surface area contributed by atoms with Crippen LogP contribution in [0.25, 0.3) is 6.08 Å².